The highest BCUT2D eigenvalue weighted by atomic mass is 35.5. The molecule has 2 aromatic rings. The summed E-state index contributed by atoms with van der Waals surface area (Å²) in [6.45, 7) is -0.471. The zero-order chi connectivity index (χ0) is 19.1. The molecule has 0 aliphatic carbocycles. The molecule has 8 heteroatoms. The van der Waals surface area contributed by atoms with Crippen LogP contribution < -0.4 is 10.1 Å². The van der Waals surface area contributed by atoms with Crippen LogP contribution in [-0.2, 0) is 14.3 Å². The van der Waals surface area contributed by atoms with E-state index in [0.29, 0.717) is 16.3 Å². The predicted octanol–water partition coefficient (Wildman–Crippen LogP) is 3.90. The summed E-state index contributed by atoms with van der Waals surface area (Å²) in [7, 11) is 1.42. The quantitative estimate of drug-likeness (QED) is 0.572. The van der Waals surface area contributed by atoms with Crippen LogP contribution in [0.3, 0.4) is 0 Å². The Hall–Kier alpha value is -2.70. The maximum Gasteiger partial charge on any atom is 0.331 e. The molecule has 0 fully saturated rings. The number of rotatable bonds is 6. The molecular formula is C18H15Cl2NO5. The van der Waals surface area contributed by atoms with E-state index in [1.54, 1.807) is 24.3 Å². The Morgan fingerprint density at radius 2 is 1.96 bits per heavy atom. The number of halogens is 2. The summed E-state index contributed by atoms with van der Waals surface area (Å²) in [6, 6.07) is 9.18. The molecule has 2 N–H and O–H groups in total. The van der Waals surface area contributed by atoms with Crippen molar-refractivity contribution in [3.05, 3.63) is 58.1 Å². The topological polar surface area (TPSA) is 84.9 Å². The standard InChI is InChI=1S/C18H15Cl2NO5/c1-25-16-8-11(2-6-15(16)22)3-7-18(24)26-10-17(23)21-14-5-4-12(19)9-13(14)20/h2-9,22H,10H2,1H3,(H,21,23)/b7-3+. The van der Waals surface area contributed by atoms with E-state index in [2.05, 4.69) is 5.32 Å². The predicted molar refractivity (Wildman–Crippen MR) is 99.7 cm³/mol. The molecule has 0 atom stereocenters. The van der Waals surface area contributed by atoms with Gasteiger partial charge in [0.25, 0.3) is 5.91 Å². The molecule has 6 nitrogen and oxygen atoms in total. The third-order valence-electron chi connectivity index (χ3n) is 3.17. The van der Waals surface area contributed by atoms with Crippen molar-refractivity contribution in [1.82, 2.24) is 0 Å². The summed E-state index contributed by atoms with van der Waals surface area (Å²) in [5, 5.41) is 12.7. The third kappa shape index (κ3) is 5.68. The highest BCUT2D eigenvalue weighted by Crippen LogP contribution is 2.27. The lowest BCUT2D eigenvalue weighted by Crippen LogP contribution is -2.20. The van der Waals surface area contributed by atoms with Crippen LogP contribution in [0, 0.1) is 0 Å². The minimum atomic E-state index is -0.700. The number of aromatic hydroxyl groups is 1. The van der Waals surface area contributed by atoms with Gasteiger partial charge in [0, 0.05) is 11.1 Å². The van der Waals surface area contributed by atoms with E-state index in [9.17, 15) is 14.7 Å². The van der Waals surface area contributed by atoms with Crippen molar-refractivity contribution in [2.45, 2.75) is 0 Å². The van der Waals surface area contributed by atoms with Crippen molar-refractivity contribution in [3.63, 3.8) is 0 Å². The van der Waals surface area contributed by atoms with Gasteiger partial charge in [-0.15, -0.1) is 0 Å². The van der Waals surface area contributed by atoms with Crippen molar-refractivity contribution in [2.75, 3.05) is 19.0 Å². The first-order valence-corrected chi connectivity index (χ1v) is 8.11. The number of carbonyl (C=O) groups excluding carboxylic acids is 2. The molecule has 0 spiro atoms. The molecule has 0 aliphatic heterocycles. The zero-order valence-electron chi connectivity index (χ0n) is 13.7. The minimum absolute atomic E-state index is 0.00948. The second-order valence-electron chi connectivity index (χ2n) is 5.04. The molecule has 26 heavy (non-hydrogen) atoms. The van der Waals surface area contributed by atoms with Gasteiger partial charge >= 0.3 is 5.97 Å². The maximum atomic E-state index is 11.8. The van der Waals surface area contributed by atoms with Gasteiger partial charge < -0.3 is 19.9 Å². The van der Waals surface area contributed by atoms with Crippen molar-refractivity contribution in [2.24, 2.45) is 0 Å². The second kappa shape index (κ2) is 9.12. The average molecular weight is 396 g/mol. The van der Waals surface area contributed by atoms with E-state index < -0.39 is 18.5 Å². The summed E-state index contributed by atoms with van der Waals surface area (Å²) < 4.78 is 9.83. The maximum absolute atomic E-state index is 11.8. The fourth-order valence-corrected chi connectivity index (χ4v) is 2.38. The lowest BCUT2D eigenvalue weighted by atomic mass is 10.2. The number of benzene rings is 2. The van der Waals surface area contributed by atoms with Crippen LogP contribution in [0.25, 0.3) is 6.08 Å². The highest BCUT2D eigenvalue weighted by Gasteiger charge is 2.09. The number of hydrogen-bond acceptors (Lipinski definition) is 5. The first-order valence-electron chi connectivity index (χ1n) is 7.36. The Morgan fingerprint density at radius 3 is 2.65 bits per heavy atom. The van der Waals surface area contributed by atoms with E-state index in [0.717, 1.165) is 6.08 Å². The fourth-order valence-electron chi connectivity index (χ4n) is 1.92. The van der Waals surface area contributed by atoms with Crippen LogP contribution in [0.15, 0.2) is 42.5 Å². The van der Waals surface area contributed by atoms with Crippen molar-refractivity contribution < 1.29 is 24.2 Å². The highest BCUT2D eigenvalue weighted by molar-refractivity contribution is 6.36. The largest absolute Gasteiger partial charge is 0.504 e. The number of hydrogen-bond donors (Lipinski definition) is 2. The zero-order valence-corrected chi connectivity index (χ0v) is 15.2. The van der Waals surface area contributed by atoms with Gasteiger partial charge in [0.15, 0.2) is 18.1 Å². The Balaban J connectivity index is 1.87. The summed E-state index contributed by atoms with van der Waals surface area (Å²) in [5.74, 6) is -0.971. The molecule has 0 heterocycles. The molecule has 2 rings (SSSR count). The molecule has 2 aromatic carbocycles. The second-order valence-corrected chi connectivity index (χ2v) is 5.89. The normalized spacial score (nSPS) is 10.6. The summed E-state index contributed by atoms with van der Waals surface area (Å²) >= 11 is 11.7. The first kappa shape index (κ1) is 19.6. The number of phenolic OH excluding ortho intramolecular Hbond substituents is 1. The van der Waals surface area contributed by atoms with Crippen LogP contribution in [0.1, 0.15) is 5.56 Å². The lowest BCUT2D eigenvalue weighted by molar-refractivity contribution is -0.142. The molecule has 0 aromatic heterocycles. The van der Waals surface area contributed by atoms with Gasteiger partial charge in [-0.1, -0.05) is 29.3 Å². The summed E-state index contributed by atoms with van der Waals surface area (Å²) in [6.07, 6.45) is 2.63. The molecule has 0 bridgehead atoms. The SMILES string of the molecule is COc1cc(/C=C/C(=O)OCC(=O)Nc2ccc(Cl)cc2Cl)ccc1O. The lowest BCUT2D eigenvalue weighted by Gasteiger charge is -2.07. The molecule has 0 aliphatic rings. The van der Waals surface area contributed by atoms with Gasteiger partial charge in [-0.05, 0) is 42.0 Å². The number of amides is 1. The van der Waals surface area contributed by atoms with E-state index in [1.165, 1.54) is 25.3 Å². The van der Waals surface area contributed by atoms with Crippen molar-refractivity contribution in [1.29, 1.82) is 0 Å². The van der Waals surface area contributed by atoms with Crippen LogP contribution >= 0.6 is 23.2 Å². The average Bonchev–Trinajstić information content (AvgIpc) is 2.61. The number of ether oxygens (including phenoxy) is 2. The van der Waals surface area contributed by atoms with Crippen LogP contribution in [0.2, 0.25) is 10.0 Å². The van der Waals surface area contributed by atoms with Gasteiger partial charge in [0.05, 0.1) is 17.8 Å². The van der Waals surface area contributed by atoms with Gasteiger partial charge in [-0.25, -0.2) is 4.79 Å². The van der Waals surface area contributed by atoms with Crippen LogP contribution in [0.5, 0.6) is 11.5 Å². The molecule has 0 saturated carbocycles. The van der Waals surface area contributed by atoms with Crippen LogP contribution in [0.4, 0.5) is 5.69 Å². The number of nitrogens with one attached hydrogen (secondary N) is 1. The van der Waals surface area contributed by atoms with E-state index in [-0.39, 0.29) is 16.5 Å². The summed E-state index contributed by atoms with van der Waals surface area (Å²) in [4.78, 5) is 23.5. The van der Waals surface area contributed by atoms with E-state index >= 15 is 0 Å². The Morgan fingerprint density at radius 1 is 1.19 bits per heavy atom. The number of methoxy groups -OCH3 is 1. The fraction of sp³-hybridized carbons (Fsp3) is 0.111. The Labute approximate surface area is 159 Å². The number of anilines is 1. The van der Waals surface area contributed by atoms with E-state index in [1.807, 2.05) is 0 Å². The number of phenols is 1. The van der Waals surface area contributed by atoms with Gasteiger partial charge in [0.2, 0.25) is 0 Å². The monoisotopic (exact) mass is 395 g/mol. The van der Waals surface area contributed by atoms with Crippen LogP contribution in [-0.4, -0.2) is 30.7 Å². The number of carbonyl (C=O) groups is 2. The summed E-state index contributed by atoms with van der Waals surface area (Å²) in [5.41, 5.74) is 0.984. The minimum Gasteiger partial charge on any atom is -0.504 e. The molecule has 0 radical (unpaired) electrons. The van der Waals surface area contributed by atoms with Gasteiger partial charge in [-0.3, -0.25) is 4.79 Å². The molecular weight excluding hydrogens is 381 g/mol. The molecule has 1 amide bonds. The molecule has 0 saturated heterocycles. The van der Waals surface area contributed by atoms with E-state index in [4.69, 9.17) is 32.7 Å². The first-order chi connectivity index (χ1) is 12.4. The third-order valence-corrected chi connectivity index (χ3v) is 3.71. The Kier molecular flexibility index (Phi) is 6.89. The molecule has 0 unspecified atom stereocenters. The molecule has 136 valence electrons. The number of esters is 1. The van der Waals surface area contributed by atoms with Gasteiger partial charge in [-0.2, -0.15) is 0 Å². The Bertz CT molecular complexity index is 851. The smallest absolute Gasteiger partial charge is 0.331 e. The van der Waals surface area contributed by atoms with Crippen molar-refractivity contribution >= 4 is 46.8 Å². The van der Waals surface area contributed by atoms with Crippen molar-refractivity contribution in [3.8, 4) is 11.5 Å². The van der Waals surface area contributed by atoms with Gasteiger partial charge in [0.1, 0.15) is 0 Å².